The standard InChI is InChI=1S/C15H28N2O3/c1-5-6-11-20-15(19)17-9-7-16(8-10-17)13(4)14(18)12(2)3/h12-13H,5-11H2,1-4H3. The normalized spacial score (nSPS) is 18.1. The zero-order valence-electron chi connectivity index (χ0n) is 13.2. The van der Waals surface area contributed by atoms with E-state index in [2.05, 4.69) is 11.8 Å². The average molecular weight is 284 g/mol. The first-order valence-corrected chi connectivity index (χ1v) is 7.66. The van der Waals surface area contributed by atoms with Gasteiger partial charge in [0.05, 0.1) is 12.6 Å². The summed E-state index contributed by atoms with van der Waals surface area (Å²) in [6, 6.07) is -0.0618. The van der Waals surface area contributed by atoms with Crippen molar-refractivity contribution in [2.24, 2.45) is 5.92 Å². The maximum Gasteiger partial charge on any atom is 0.409 e. The number of carbonyl (C=O) groups is 2. The Hall–Kier alpha value is -1.10. The van der Waals surface area contributed by atoms with Crippen LogP contribution in [0.15, 0.2) is 0 Å². The molecule has 0 saturated carbocycles. The summed E-state index contributed by atoms with van der Waals surface area (Å²) in [5.74, 6) is 0.325. The molecular weight excluding hydrogens is 256 g/mol. The lowest BCUT2D eigenvalue weighted by atomic mass is 10.0. The third-order valence-electron chi connectivity index (χ3n) is 3.82. The zero-order chi connectivity index (χ0) is 15.1. The molecule has 1 fully saturated rings. The summed E-state index contributed by atoms with van der Waals surface area (Å²) in [4.78, 5) is 27.7. The van der Waals surface area contributed by atoms with Crippen LogP contribution in [0.5, 0.6) is 0 Å². The van der Waals surface area contributed by atoms with Crippen molar-refractivity contribution in [3.8, 4) is 0 Å². The second-order valence-corrected chi connectivity index (χ2v) is 5.72. The lowest BCUT2D eigenvalue weighted by molar-refractivity contribution is -0.127. The van der Waals surface area contributed by atoms with Gasteiger partial charge in [0.15, 0.2) is 5.78 Å². The molecule has 1 aliphatic rings. The highest BCUT2D eigenvalue weighted by Gasteiger charge is 2.28. The van der Waals surface area contributed by atoms with Crippen molar-refractivity contribution in [3.63, 3.8) is 0 Å². The molecule has 0 radical (unpaired) electrons. The number of ether oxygens (including phenoxy) is 1. The zero-order valence-corrected chi connectivity index (χ0v) is 13.2. The smallest absolute Gasteiger partial charge is 0.409 e. The van der Waals surface area contributed by atoms with Crippen molar-refractivity contribution in [2.45, 2.75) is 46.6 Å². The Kier molecular flexibility index (Phi) is 6.99. The molecule has 1 saturated heterocycles. The minimum Gasteiger partial charge on any atom is -0.449 e. The van der Waals surface area contributed by atoms with E-state index in [1.807, 2.05) is 20.8 Å². The molecule has 1 aliphatic heterocycles. The van der Waals surface area contributed by atoms with Gasteiger partial charge in [-0.05, 0) is 13.3 Å². The van der Waals surface area contributed by atoms with Crippen LogP contribution in [0.4, 0.5) is 4.79 Å². The van der Waals surface area contributed by atoms with E-state index in [-0.39, 0.29) is 23.8 Å². The first kappa shape index (κ1) is 17.0. The molecule has 0 aromatic rings. The van der Waals surface area contributed by atoms with Gasteiger partial charge in [0, 0.05) is 32.1 Å². The molecule has 116 valence electrons. The summed E-state index contributed by atoms with van der Waals surface area (Å²) in [6.07, 6.45) is 1.71. The van der Waals surface area contributed by atoms with Crippen LogP contribution in [0.2, 0.25) is 0 Å². The van der Waals surface area contributed by atoms with Gasteiger partial charge in [-0.15, -0.1) is 0 Å². The predicted octanol–water partition coefficient (Wildman–Crippen LogP) is 2.15. The van der Waals surface area contributed by atoms with Crippen LogP contribution in [-0.2, 0) is 9.53 Å². The lowest BCUT2D eigenvalue weighted by Gasteiger charge is -2.37. The average Bonchev–Trinajstić information content (AvgIpc) is 2.46. The number of carbonyl (C=O) groups excluding carboxylic acids is 2. The summed E-state index contributed by atoms with van der Waals surface area (Å²) in [5, 5.41) is 0. The maximum atomic E-state index is 12.0. The molecule has 1 atom stereocenters. The fourth-order valence-corrected chi connectivity index (χ4v) is 2.35. The molecule has 0 N–H and O–H groups in total. The van der Waals surface area contributed by atoms with Crippen LogP contribution in [-0.4, -0.2) is 60.5 Å². The van der Waals surface area contributed by atoms with Gasteiger partial charge in [-0.3, -0.25) is 9.69 Å². The van der Waals surface area contributed by atoms with Gasteiger partial charge < -0.3 is 9.64 Å². The summed E-state index contributed by atoms with van der Waals surface area (Å²) in [7, 11) is 0. The Morgan fingerprint density at radius 2 is 1.70 bits per heavy atom. The van der Waals surface area contributed by atoms with Crippen LogP contribution in [0.25, 0.3) is 0 Å². The van der Waals surface area contributed by atoms with Crippen molar-refractivity contribution in [1.82, 2.24) is 9.80 Å². The minimum absolute atomic E-state index is 0.0574. The van der Waals surface area contributed by atoms with Gasteiger partial charge in [-0.1, -0.05) is 27.2 Å². The molecule has 1 amide bonds. The Bertz CT molecular complexity index is 323. The number of amides is 1. The van der Waals surface area contributed by atoms with Crippen LogP contribution in [0.3, 0.4) is 0 Å². The Morgan fingerprint density at radius 1 is 1.10 bits per heavy atom. The van der Waals surface area contributed by atoms with Crippen LogP contribution in [0, 0.1) is 5.92 Å². The van der Waals surface area contributed by atoms with Gasteiger partial charge in [0.2, 0.25) is 0 Å². The Morgan fingerprint density at radius 3 is 2.20 bits per heavy atom. The number of hydrogen-bond donors (Lipinski definition) is 0. The molecular formula is C15H28N2O3. The van der Waals surface area contributed by atoms with Crippen molar-refractivity contribution in [1.29, 1.82) is 0 Å². The highest BCUT2D eigenvalue weighted by atomic mass is 16.6. The summed E-state index contributed by atoms with van der Waals surface area (Å²) in [5.41, 5.74) is 0. The van der Waals surface area contributed by atoms with Gasteiger partial charge in [0.1, 0.15) is 0 Å². The highest BCUT2D eigenvalue weighted by molar-refractivity contribution is 5.85. The van der Waals surface area contributed by atoms with Crippen molar-refractivity contribution in [3.05, 3.63) is 0 Å². The molecule has 0 aliphatic carbocycles. The fraction of sp³-hybridized carbons (Fsp3) is 0.867. The first-order chi connectivity index (χ1) is 9.47. The third-order valence-corrected chi connectivity index (χ3v) is 3.82. The maximum absolute atomic E-state index is 12.0. The fourth-order valence-electron chi connectivity index (χ4n) is 2.35. The third kappa shape index (κ3) is 4.78. The molecule has 5 nitrogen and oxygen atoms in total. The van der Waals surface area contributed by atoms with Crippen LogP contribution >= 0.6 is 0 Å². The van der Waals surface area contributed by atoms with E-state index in [0.29, 0.717) is 19.7 Å². The Balaban J connectivity index is 2.36. The van der Waals surface area contributed by atoms with Crippen molar-refractivity contribution >= 4 is 11.9 Å². The number of rotatable bonds is 6. The number of unbranched alkanes of at least 4 members (excludes halogenated alkanes) is 1. The second-order valence-electron chi connectivity index (χ2n) is 5.72. The predicted molar refractivity (Wildman–Crippen MR) is 78.7 cm³/mol. The minimum atomic E-state index is -0.221. The van der Waals surface area contributed by atoms with E-state index in [0.717, 1.165) is 25.9 Å². The molecule has 1 unspecified atom stereocenters. The number of Topliss-reactive ketones (excluding diaryl/α,β-unsaturated/α-hetero) is 1. The van der Waals surface area contributed by atoms with E-state index in [4.69, 9.17) is 4.74 Å². The monoisotopic (exact) mass is 284 g/mol. The first-order valence-electron chi connectivity index (χ1n) is 7.66. The summed E-state index contributed by atoms with van der Waals surface area (Å²) in [6.45, 7) is 11.1. The molecule has 5 heteroatoms. The Labute approximate surface area is 122 Å². The topological polar surface area (TPSA) is 49.9 Å². The van der Waals surface area contributed by atoms with Gasteiger partial charge in [-0.25, -0.2) is 4.79 Å². The van der Waals surface area contributed by atoms with Gasteiger partial charge >= 0.3 is 6.09 Å². The van der Waals surface area contributed by atoms with E-state index < -0.39 is 0 Å². The highest BCUT2D eigenvalue weighted by Crippen LogP contribution is 2.11. The SMILES string of the molecule is CCCCOC(=O)N1CCN(C(C)C(=O)C(C)C)CC1. The lowest BCUT2D eigenvalue weighted by Crippen LogP contribution is -2.53. The molecule has 0 aromatic carbocycles. The molecule has 1 heterocycles. The molecule has 20 heavy (non-hydrogen) atoms. The molecule has 0 spiro atoms. The molecule has 0 aromatic heterocycles. The van der Waals surface area contributed by atoms with Crippen molar-refractivity contribution in [2.75, 3.05) is 32.8 Å². The summed E-state index contributed by atoms with van der Waals surface area (Å²) < 4.78 is 5.20. The van der Waals surface area contributed by atoms with E-state index >= 15 is 0 Å². The van der Waals surface area contributed by atoms with E-state index in [9.17, 15) is 9.59 Å². The second kappa shape index (κ2) is 8.25. The van der Waals surface area contributed by atoms with Crippen molar-refractivity contribution < 1.29 is 14.3 Å². The molecule has 0 bridgehead atoms. The van der Waals surface area contributed by atoms with Gasteiger partial charge in [-0.2, -0.15) is 0 Å². The summed E-state index contributed by atoms with van der Waals surface area (Å²) >= 11 is 0. The molecule has 1 rings (SSSR count). The van der Waals surface area contributed by atoms with Gasteiger partial charge in [0.25, 0.3) is 0 Å². The number of piperazine rings is 1. The van der Waals surface area contributed by atoms with E-state index in [1.54, 1.807) is 4.90 Å². The number of nitrogens with zero attached hydrogens (tertiary/aromatic N) is 2. The van der Waals surface area contributed by atoms with Crippen LogP contribution in [0.1, 0.15) is 40.5 Å². The quantitative estimate of drug-likeness (QED) is 0.701. The van der Waals surface area contributed by atoms with Crippen LogP contribution < -0.4 is 0 Å². The number of hydrogen-bond acceptors (Lipinski definition) is 4. The number of ketones is 1. The largest absolute Gasteiger partial charge is 0.449 e. The van der Waals surface area contributed by atoms with E-state index in [1.165, 1.54) is 0 Å².